The smallest absolute Gasteiger partial charge is 0.275 e. The fraction of sp³-hybridized carbons (Fsp3) is 0.409. The molecule has 0 heterocycles. The second-order valence-electron chi connectivity index (χ2n) is 6.91. The zero-order valence-electron chi connectivity index (χ0n) is 17.0. The van der Waals surface area contributed by atoms with E-state index >= 15 is 0 Å². The second-order valence-corrected chi connectivity index (χ2v) is 6.91. The number of amides is 1. The van der Waals surface area contributed by atoms with E-state index in [4.69, 9.17) is 9.47 Å². The molecule has 29 heavy (non-hydrogen) atoms. The Morgan fingerprint density at radius 3 is 2.66 bits per heavy atom. The highest BCUT2D eigenvalue weighted by Crippen LogP contribution is 2.13. The van der Waals surface area contributed by atoms with Gasteiger partial charge in [-0.3, -0.25) is 4.79 Å². The lowest BCUT2D eigenvalue weighted by atomic mass is 10.2. The van der Waals surface area contributed by atoms with E-state index in [-0.39, 0.29) is 24.9 Å². The minimum absolute atomic E-state index is 0.115. The SMILES string of the molecule is CC[NH+](CC(=O)NCc1ccc(F)cc1)C[C@H](O)COCc1cccc(OC)c1. The number of rotatable bonds is 12. The molecule has 158 valence electrons. The molecule has 2 atom stereocenters. The molecule has 0 saturated heterocycles. The largest absolute Gasteiger partial charge is 0.497 e. The van der Waals surface area contributed by atoms with Gasteiger partial charge in [0.25, 0.3) is 5.91 Å². The van der Waals surface area contributed by atoms with Gasteiger partial charge in [0.15, 0.2) is 6.54 Å². The zero-order chi connectivity index (χ0) is 21.1. The summed E-state index contributed by atoms with van der Waals surface area (Å²) in [7, 11) is 1.61. The van der Waals surface area contributed by atoms with Gasteiger partial charge in [0.1, 0.15) is 24.2 Å². The predicted molar refractivity (Wildman–Crippen MR) is 108 cm³/mol. The van der Waals surface area contributed by atoms with E-state index in [1.54, 1.807) is 19.2 Å². The summed E-state index contributed by atoms with van der Waals surface area (Å²) in [6, 6.07) is 13.6. The molecule has 2 aromatic carbocycles. The van der Waals surface area contributed by atoms with Crippen LogP contribution in [0.3, 0.4) is 0 Å². The first-order valence-corrected chi connectivity index (χ1v) is 9.73. The van der Waals surface area contributed by atoms with Gasteiger partial charge in [-0.05, 0) is 42.3 Å². The van der Waals surface area contributed by atoms with Crippen LogP contribution in [0.4, 0.5) is 4.39 Å². The Bertz CT molecular complexity index is 755. The Labute approximate surface area is 171 Å². The summed E-state index contributed by atoms with van der Waals surface area (Å²) in [6.07, 6.45) is -0.666. The Morgan fingerprint density at radius 1 is 1.21 bits per heavy atom. The molecular formula is C22H30FN2O4+. The first-order valence-electron chi connectivity index (χ1n) is 9.73. The first kappa shape index (κ1) is 22.8. The van der Waals surface area contributed by atoms with E-state index < -0.39 is 6.10 Å². The van der Waals surface area contributed by atoms with Gasteiger partial charge < -0.3 is 24.8 Å². The van der Waals surface area contributed by atoms with Gasteiger partial charge >= 0.3 is 0 Å². The molecule has 1 unspecified atom stereocenters. The summed E-state index contributed by atoms with van der Waals surface area (Å²) in [4.78, 5) is 13.1. The van der Waals surface area contributed by atoms with Crippen LogP contribution in [0, 0.1) is 5.82 Å². The molecule has 0 aliphatic carbocycles. The van der Waals surface area contributed by atoms with Crippen LogP contribution in [-0.4, -0.2) is 50.5 Å². The van der Waals surface area contributed by atoms with Gasteiger partial charge in [-0.2, -0.15) is 0 Å². The first-order chi connectivity index (χ1) is 14.0. The third-order valence-corrected chi connectivity index (χ3v) is 4.55. The number of nitrogens with one attached hydrogen (secondary N) is 2. The van der Waals surface area contributed by atoms with Gasteiger partial charge in [-0.1, -0.05) is 24.3 Å². The van der Waals surface area contributed by atoms with Crippen molar-refractivity contribution in [2.24, 2.45) is 0 Å². The third-order valence-electron chi connectivity index (χ3n) is 4.55. The van der Waals surface area contributed by atoms with Crippen molar-refractivity contribution >= 4 is 5.91 Å². The molecule has 0 radical (unpaired) electrons. The molecule has 7 heteroatoms. The van der Waals surface area contributed by atoms with Crippen molar-refractivity contribution in [3.05, 3.63) is 65.5 Å². The highest BCUT2D eigenvalue weighted by Gasteiger charge is 2.17. The molecule has 1 amide bonds. The number of carbonyl (C=O) groups excluding carboxylic acids is 1. The highest BCUT2D eigenvalue weighted by atomic mass is 19.1. The summed E-state index contributed by atoms with van der Waals surface area (Å²) in [5.41, 5.74) is 1.81. The zero-order valence-corrected chi connectivity index (χ0v) is 17.0. The number of aliphatic hydroxyl groups is 1. The average molecular weight is 405 g/mol. The lowest BCUT2D eigenvalue weighted by Crippen LogP contribution is -3.14. The number of aliphatic hydroxyl groups excluding tert-OH is 1. The van der Waals surface area contributed by atoms with Gasteiger partial charge in [-0.15, -0.1) is 0 Å². The minimum atomic E-state index is -0.666. The molecule has 2 rings (SSSR count). The number of hydrogen-bond donors (Lipinski definition) is 3. The van der Waals surface area contributed by atoms with Crippen molar-refractivity contribution in [3.8, 4) is 5.75 Å². The molecule has 6 nitrogen and oxygen atoms in total. The van der Waals surface area contributed by atoms with Crippen molar-refractivity contribution in [3.63, 3.8) is 0 Å². The Morgan fingerprint density at radius 2 is 1.97 bits per heavy atom. The quantitative estimate of drug-likeness (QED) is 0.491. The summed E-state index contributed by atoms with van der Waals surface area (Å²) < 4.78 is 23.7. The van der Waals surface area contributed by atoms with E-state index in [1.807, 2.05) is 31.2 Å². The van der Waals surface area contributed by atoms with E-state index in [1.165, 1.54) is 12.1 Å². The lowest BCUT2D eigenvalue weighted by molar-refractivity contribution is -0.893. The highest BCUT2D eigenvalue weighted by molar-refractivity contribution is 5.76. The summed E-state index contributed by atoms with van der Waals surface area (Å²) in [5.74, 6) is 0.347. The minimum Gasteiger partial charge on any atom is -0.497 e. The predicted octanol–water partition coefficient (Wildman–Crippen LogP) is 0.933. The van der Waals surface area contributed by atoms with Crippen LogP contribution in [0.25, 0.3) is 0 Å². The Kier molecular flexibility index (Phi) is 9.56. The van der Waals surface area contributed by atoms with E-state index in [2.05, 4.69) is 5.32 Å². The maximum Gasteiger partial charge on any atom is 0.275 e. The van der Waals surface area contributed by atoms with Crippen LogP contribution in [0.1, 0.15) is 18.1 Å². The van der Waals surface area contributed by atoms with E-state index in [0.29, 0.717) is 26.2 Å². The van der Waals surface area contributed by atoms with Gasteiger partial charge in [-0.25, -0.2) is 4.39 Å². The fourth-order valence-electron chi connectivity index (χ4n) is 2.90. The van der Waals surface area contributed by atoms with E-state index in [9.17, 15) is 14.3 Å². The monoisotopic (exact) mass is 405 g/mol. The molecule has 0 aliphatic rings. The van der Waals surface area contributed by atoms with Crippen molar-refractivity contribution in [2.45, 2.75) is 26.2 Å². The standard InChI is InChI=1S/C22H29FN2O4/c1-3-25(14-22(27)24-12-17-7-9-19(23)10-8-17)13-20(26)16-29-15-18-5-4-6-21(11-18)28-2/h4-11,20,26H,3,12-16H2,1-2H3,(H,24,27)/p+1/t20-/m0/s1. The molecule has 0 saturated carbocycles. The number of ether oxygens (including phenoxy) is 2. The molecule has 3 N–H and O–H groups in total. The maximum absolute atomic E-state index is 12.9. The van der Waals surface area contributed by atoms with Crippen LogP contribution in [-0.2, 0) is 22.7 Å². The number of quaternary nitrogens is 1. The van der Waals surface area contributed by atoms with Crippen LogP contribution >= 0.6 is 0 Å². The van der Waals surface area contributed by atoms with Crippen LogP contribution in [0.2, 0.25) is 0 Å². The number of benzene rings is 2. The van der Waals surface area contributed by atoms with Gasteiger partial charge in [0, 0.05) is 6.54 Å². The third kappa shape index (κ3) is 8.60. The van der Waals surface area contributed by atoms with Crippen LogP contribution in [0.15, 0.2) is 48.5 Å². The van der Waals surface area contributed by atoms with Crippen molar-refractivity contribution in [2.75, 3.05) is 33.4 Å². The van der Waals surface area contributed by atoms with E-state index in [0.717, 1.165) is 21.8 Å². The lowest BCUT2D eigenvalue weighted by Gasteiger charge is -2.20. The fourth-order valence-corrected chi connectivity index (χ4v) is 2.90. The number of methoxy groups -OCH3 is 1. The average Bonchev–Trinajstić information content (AvgIpc) is 2.73. The molecule has 0 aromatic heterocycles. The molecular weight excluding hydrogens is 375 g/mol. The Hall–Kier alpha value is -2.48. The second kappa shape index (κ2) is 12.2. The maximum atomic E-state index is 12.9. The number of hydrogen-bond acceptors (Lipinski definition) is 4. The van der Waals surface area contributed by atoms with Crippen molar-refractivity contribution in [1.29, 1.82) is 0 Å². The molecule has 2 aromatic rings. The summed E-state index contributed by atoms with van der Waals surface area (Å²) in [6.45, 7) is 4.26. The van der Waals surface area contributed by atoms with Crippen LogP contribution < -0.4 is 15.0 Å². The van der Waals surface area contributed by atoms with Gasteiger partial charge in [0.05, 0.1) is 26.9 Å². The summed E-state index contributed by atoms with van der Waals surface area (Å²) >= 11 is 0. The summed E-state index contributed by atoms with van der Waals surface area (Å²) in [5, 5.41) is 13.1. The molecule has 0 fully saturated rings. The van der Waals surface area contributed by atoms with Crippen molar-refractivity contribution in [1.82, 2.24) is 5.32 Å². The van der Waals surface area contributed by atoms with Crippen molar-refractivity contribution < 1.29 is 28.7 Å². The number of halogens is 1. The number of carbonyl (C=O) groups is 1. The number of likely N-dealkylation sites (N-methyl/N-ethyl adjacent to an activating group) is 1. The van der Waals surface area contributed by atoms with Crippen LogP contribution in [0.5, 0.6) is 5.75 Å². The molecule has 0 bridgehead atoms. The molecule has 0 aliphatic heterocycles. The topological polar surface area (TPSA) is 72.2 Å². The normalized spacial score (nSPS) is 13.0. The Balaban J connectivity index is 1.69. The molecule has 0 spiro atoms. The van der Waals surface area contributed by atoms with Gasteiger partial charge in [0.2, 0.25) is 0 Å².